The van der Waals surface area contributed by atoms with E-state index in [1.807, 2.05) is 20.8 Å². The second kappa shape index (κ2) is 31.7. The molecule has 93 heavy (non-hydrogen) atoms. The lowest BCUT2D eigenvalue weighted by molar-refractivity contribution is -0.126. The first-order valence-corrected chi connectivity index (χ1v) is 31.6. The van der Waals surface area contributed by atoms with Crippen molar-refractivity contribution in [3.05, 3.63) is 137 Å². The van der Waals surface area contributed by atoms with Gasteiger partial charge in [-0.05, 0) is 142 Å². The highest BCUT2D eigenvalue weighted by atomic mass is 32.1. The summed E-state index contributed by atoms with van der Waals surface area (Å²) in [6.45, 7) is 12.4. The van der Waals surface area contributed by atoms with E-state index in [1.54, 1.807) is 120 Å². The van der Waals surface area contributed by atoms with E-state index in [4.69, 9.17) is 43.0 Å². The monoisotopic (exact) mass is 1320 g/mol. The quantitative estimate of drug-likeness (QED) is 0.0550. The number of amides is 9. The highest BCUT2D eigenvalue weighted by Crippen LogP contribution is 2.30. The number of nitrogens with one attached hydrogen (secondary N) is 6. The van der Waals surface area contributed by atoms with Gasteiger partial charge in [-0.3, -0.25) is 43.2 Å². The van der Waals surface area contributed by atoms with E-state index in [-0.39, 0.29) is 74.4 Å². The Balaban J connectivity index is 0.000000179. The summed E-state index contributed by atoms with van der Waals surface area (Å²) in [5.74, 6) is 4.91. The highest BCUT2D eigenvalue weighted by molar-refractivity contribution is 7.15. The molecule has 9 amide bonds. The number of rotatable bonds is 17. The number of nitrogens with zero attached hydrogens (tertiary/aromatic N) is 3. The van der Waals surface area contributed by atoms with Crippen molar-refractivity contribution in [3.63, 3.8) is 0 Å². The number of benzene rings is 3. The Morgan fingerprint density at radius 3 is 1.38 bits per heavy atom. The van der Waals surface area contributed by atoms with E-state index < -0.39 is 28.9 Å². The number of terminal acetylenes is 3. The largest absolute Gasteiger partial charge is 0.382 e. The number of methoxy groups -OCH3 is 1. The molecule has 6 aromatic rings. The van der Waals surface area contributed by atoms with Crippen LogP contribution in [0.4, 0.5) is 34.1 Å². The van der Waals surface area contributed by atoms with E-state index in [0.29, 0.717) is 98.8 Å². The molecule has 484 valence electrons. The van der Waals surface area contributed by atoms with Crippen molar-refractivity contribution in [2.24, 2.45) is 0 Å². The summed E-state index contributed by atoms with van der Waals surface area (Å²) in [4.78, 5) is 121. The maximum absolute atomic E-state index is 13.2. The van der Waals surface area contributed by atoms with E-state index in [0.717, 1.165) is 33.8 Å². The lowest BCUT2D eigenvalue weighted by Gasteiger charge is -2.29. The lowest BCUT2D eigenvalue weighted by Crippen LogP contribution is -2.57. The average molecular weight is 1320 g/mol. The van der Waals surface area contributed by atoms with E-state index in [1.165, 1.54) is 41.1 Å². The van der Waals surface area contributed by atoms with Gasteiger partial charge in [0.25, 0.3) is 41.4 Å². The van der Waals surface area contributed by atoms with Gasteiger partial charge in [0.1, 0.15) is 36.9 Å². The van der Waals surface area contributed by atoms with Crippen LogP contribution >= 0.6 is 34.0 Å². The molecule has 0 saturated carbocycles. The zero-order valence-electron chi connectivity index (χ0n) is 51.9. The van der Waals surface area contributed by atoms with Crippen LogP contribution in [0.1, 0.15) is 80.6 Å². The van der Waals surface area contributed by atoms with Crippen LogP contribution < -0.4 is 46.6 Å². The number of morpholine rings is 3. The van der Waals surface area contributed by atoms with Crippen LogP contribution in [0, 0.1) is 57.8 Å². The molecule has 7 heterocycles. The molecule has 4 aliphatic heterocycles. The SMILES string of the molecule is C#Cc1ccc(C(=O)NC(C)(C)C(=O)Nc2ccc(N3CCOCC3=O)c(C)c2)s1.C#Cc1ccc(C(=O)NC(COC)C(=O)Nc2ccc(N3CCOCC3=O)c(C)c2)s1.C#Cc1ccc(C(=O)NC2(C(=O)Nc3ccc(N4CCOCC4=O)c(C)c3)CCOC2)s1. The molecule has 3 aromatic heterocycles. The Kier molecular flexibility index (Phi) is 23.6. The molecule has 4 saturated heterocycles. The van der Waals surface area contributed by atoms with Crippen LogP contribution in [-0.2, 0) is 52.5 Å². The minimum absolute atomic E-state index is 0.00426. The summed E-state index contributed by atoms with van der Waals surface area (Å²) in [5.41, 5.74) is 4.25. The molecule has 3 aromatic carbocycles. The zero-order valence-corrected chi connectivity index (χ0v) is 54.4. The third-order valence-corrected chi connectivity index (χ3v) is 17.9. The maximum Gasteiger partial charge on any atom is 0.262 e. The summed E-state index contributed by atoms with van der Waals surface area (Å²) < 4.78 is 26.1. The predicted molar refractivity (Wildman–Crippen MR) is 356 cm³/mol. The van der Waals surface area contributed by atoms with Crippen LogP contribution in [0.2, 0.25) is 0 Å². The molecule has 2 atom stereocenters. The summed E-state index contributed by atoms with van der Waals surface area (Å²) in [6.07, 6.45) is 16.4. The van der Waals surface area contributed by atoms with Crippen molar-refractivity contribution in [1.82, 2.24) is 16.0 Å². The van der Waals surface area contributed by atoms with Crippen molar-refractivity contribution in [1.29, 1.82) is 0 Å². The van der Waals surface area contributed by atoms with Crippen molar-refractivity contribution >= 4 is 121 Å². The molecule has 0 bridgehead atoms. The van der Waals surface area contributed by atoms with Crippen molar-refractivity contribution in [2.75, 3.05) is 117 Å². The minimum Gasteiger partial charge on any atom is -0.382 e. The van der Waals surface area contributed by atoms with Gasteiger partial charge in [-0.15, -0.1) is 53.3 Å². The Morgan fingerprint density at radius 2 is 0.989 bits per heavy atom. The van der Waals surface area contributed by atoms with Gasteiger partial charge in [-0.2, -0.15) is 0 Å². The van der Waals surface area contributed by atoms with Crippen molar-refractivity contribution in [3.8, 4) is 37.0 Å². The average Bonchev–Trinajstić information content (AvgIpc) is 1.59. The Bertz CT molecular complexity index is 3960. The summed E-state index contributed by atoms with van der Waals surface area (Å²) in [7, 11) is 1.45. The molecule has 23 nitrogen and oxygen atoms in total. The fourth-order valence-corrected chi connectivity index (χ4v) is 12.1. The molecule has 6 N–H and O–H groups in total. The number of carbonyl (C=O) groups excluding carboxylic acids is 9. The zero-order chi connectivity index (χ0) is 67.0. The first kappa shape index (κ1) is 69.4. The van der Waals surface area contributed by atoms with E-state index in [9.17, 15) is 43.2 Å². The molecule has 0 spiro atoms. The number of anilines is 6. The molecule has 10 rings (SSSR count). The summed E-state index contributed by atoms with van der Waals surface area (Å²) >= 11 is 3.56. The molecular weight excluding hydrogens is 1250 g/mol. The minimum atomic E-state index is -1.18. The molecule has 4 fully saturated rings. The number of aryl methyl sites for hydroxylation is 3. The van der Waals surface area contributed by atoms with Gasteiger partial charge in [0.2, 0.25) is 11.8 Å². The first-order valence-electron chi connectivity index (χ1n) is 29.2. The Labute approximate surface area is 550 Å². The highest BCUT2D eigenvalue weighted by Gasteiger charge is 2.44. The Morgan fingerprint density at radius 1 is 0.570 bits per heavy atom. The summed E-state index contributed by atoms with van der Waals surface area (Å²) in [6, 6.07) is 25.0. The number of hydrogen-bond acceptors (Lipinski definition) is 17. The van der Waals surface area contributed by atoms with Crippen LogP contribution in [-0.4, -0.2) is 156 Å². The van der Waals surface area contributed by atoms with Crippen molar-refractivity contribution < 1.29 is 66.8 Å². The lowest BCUT2D eigenvalue weighted by atomic mass is 9.96. The van der Waals surface area contributed by atoms with Gasteiger partial charge in [0.15, 0.2) is 0 Å². The van der Waals surface area contributed by atoms with Crippen LogP contribution in [0.15, 0.2) is 91.0 Å². The predicted octanol–water partition coefficient (Wildman–Crippen LogP) is 6.26. The number of ether oxygens (including phenoxy) is 5. The third kappa shape index (κ3) is 17.7. The van der Waals surface area contributed by atoms with Gasteiger partial charge in [-0.25, -0.2) is 0 Å². The van der Waals surface area contributed by atoms with Crippen molar-refractivity contribution in [2.45, 2.75) is 58.2 Å². The number of hydrogen-bond donors (Lipinski definition) is 6. The van der Waals surface area contributed by atoms with E-state index >= 15 is 0 Å². The van der Waals surface area contributed by atoms with Gasteiger partial charge in [0.05, 0.1) is 62.3 Å². The second-order valence-electron chi connectivity index (χ2n) is 22.0. The topological polar surface area (TPSA) is 282 Å². The van der Waals surface area contributed by atoms with Gasteiger partial charge < -0.3 is 70.3 Å². The third-order valence-electron chi connectivity index (χ3n) is 14.9. The molecule has 26 heteroatoms. The van der Waals surface area contributed by atoms with Gasteiger partial charge in [0, 0.05) is 73.9 Å². The van der Waals surface area contributed by atoms with Gasteiger partial charge in [-0.1, -0.05) is 17.8 Å². The number of carbonyl (C=O) groups is 9. The standard InChI is InChI=1S/C23H23N3O5S.C22H23N3O5S.C22H23N3O4S/c1-3-17-5-7-19(32-17)21(28)25-23(8-10-31-14-23)22(29)24-16-4-6-18(15(2)12-16)26-9-11-30-13-20(26)27;1-4-16-6-8-19(31-16)22(28)24-17(12-29-3)21(27)23-15-5-7-18(14(2)11-15)25-9-10-30-13-20(25)26;1-5-16-7-9-18(30-16)20(27)24-22(3,4)21(28)23-15-6-8-17(14(2)12-15)25-10-11-29-13-19(25)26/h1,4-7,12H,8-11,13-14H2,2H3,(H,24,29)(H,25,28);1,5-8,11,17H,9-10,12-13H2,2-3H3,(H,23,27)(H,24,28);1,6-9,12H,10-11,13H2,2-4H3,(H,23,28)(H,24,27). The number of thiophene rings is 3. The van der Waals surface area contributed by atoms with Crippen LogP contribution in [0.25, 0.3) is 0 Å². The fourth-order valence-electron chi connectivity index (χ4n) is 9.97. The Hall–Kier alpha value is -9.53. The second-order valence-corrected chi connectivity index (χ2v) is 25.3. The summed E-state index contributed by atoms with van der Waals surface area (Å²) in [5, 5.41) is 16.8. The van der Waals surface area contributed by atoms with Crippen LogP contribution in [0.5, 0.6) is 0 Å². The first-order chi connectivity index (χ1) is 44.5. The fraction of sp³-hybridized carbons (Fsp3) is 0.328. The van der Waals surface area contributed by atoms with E-state index in [2.05, 4.69) is 49.7 Å². The smallest absolute Gasteiger partial charge is 0.262 e. The van der Waals surface area contributed by atoms with Crippen LogP contribution in [0.3, 0.4) is 0 Å². The molecule has 0 radical (unpaired) electrons. The maximum atomic E-state index is 13.2. The molecular formula is C67H69N9O14S3. The molecule has 0 aliphatic carbocycles. The molecule has 2 unspecified atom stereocenters. The molecule has 4 aliphatic rings. The van der Waals surface area contributed by atoms with Gasteiger partial charge >= 0.3 is 0 Å². The normalized spacial score (nSPS) is 16.5.